The van der Waals surface area contributed by atoms with E-state index in [1.54, 1.807) is 28.6 Å². The molecule has 3 aromatic heterocycles. The Balaban J connectivity index is 1.47. The van der Waals surface area contributed by atoms with E-state index in [0.717, 1.165) is 43.8 Å². The van der Waals surface area contributed by atoms with Crippen LogP contribution in [0.5, 0.6) is 0 Å². The molecule has 1 fully saturated rings. The minimum atomic E-state index is -0.504. The van der Waals surface area contributed by atoms with Crippen LogP contribution in [0.3, 0.4) is 0 Å². The highest BCUT2D eigenvalue weighted by Crippen LogP contribution is 2.25. The average Bonchev–Trinajstić information content (AvgIpc) is 3.19. The van der Waals surface area contributed by atoms with Crippen LogP contribution >= 0.6 is 0 Å². The van der Waals surface area contributed by atoms with Gasteiger partial charge in [0.15, 0.2) is 5.65 Å². The molecule has 1 aliphatic heterocycles. The molecule has 4 heterocycles. The van der Waals surface area contributed by atoms with Gasteiger partial charge in [-0.25, -0.2) is 9.78 Å². The molecule has 0 spiro atoms. The van der Waals surface area contributed by atoms with Crippen molar-refractivity contribution in [2.24, 2.45) is 0 Å². The first kappa shape index (κ1) is 24.2. The van der Waals surface area contributed by atoms with Crippen LogP contribution in [-0.2, 0) is 23.3 Å². The number of anilines is 1. The summed E-state index contributed by atoms with van der Waals surface area (Å²) in [5.41, 5.74) is 4.87. The minimum absolute atomic E-state index is 0.110. The molecule has 1 saturated heterocycles. The first-order chi connectivity index (χ1) is 17.4. The summed E-state index contributed by atoms with van der Waals surface area (Å²) < 4.78 is 9.03. The lowest BCUT2D eigenvalue weighted by Crippen LogP contribution is -2.44. The smallest absolute Gasteiger partial charge is 0.335 e. The highest BCUT2D eigenvalue weighted by Gasteiger charge is 2.22. The summed E-state index contributed by atoms with van der Waals surface area (Å²) in [7, 11) is 3.83. The van der Waals surface area contributed by atoms with Crippen LogP contribution < -0.4 is 10.6 Å². The van der Waals surface area contributed by atoms with Crippen molar-refractivity contribution in [2.45, 2.75) is 32.4 Å². The van der Waals surface area contributed by atoms with E-state index < -0.39 is 5.60 Å². The van der Waals surface area contributed by atoms with E-state index in [1.165, 1.54) is 11.3 Å². The summed E-state index contributed by atoms with van der Waals surface area (Å²) in [5.74, 6) is 0. The third-order valence-electron chi connectivity index (χ3n) is 7.26. The highest BCUT2D eigenvalue weighted by molar-refractivity contribution is 5.73. The third kappa shape index (κ3) is 4.54. The Morgan fingerprint density at radius 1 is 0.972 bits per heavy atom. The number of hydrogen-bond donors (Lipinski definition) is 0. The number of pyridine rings is 2. The quantitative estimate of drug-likeness (QED) is 0.399. The third-order valence-corrected chi connectivity index (χ3v) is 7.26. The fourth-order valence-corrected chi connectivity index (χ4v) is 4.83. The molecule has 0 N–H and O–H groups in total. The molecule has 0 saturated carbocycles. The van der Waals surface area contributed by atoms with Crippen molar-refractivity contribution in [3.05, 3.63) is 82.7 Å². The Bertz CT molecular complexity index is 1400. The number of likely N-dealkylation sites (N-methyl/N-ethyl adjacent to an activating group) is 1. The number of fused-ring (bicyclic) bond motifs is 1. The zero-order valence-electron chi connectivity index (χ0n) is 21.5. The molecule has 188 valence electrons. The lowest BCUT2D eigenvalue weighted by molar-refractivity contribution is 0.0155. The van der Waals surface area contributed by atoms with Crippen molar-refractivity contribution in [3.63, 3.8) is 0 Å². The molecule has 0 unspecified atom stereocenters. The lowest BCUT2D eigenvalue weighted by Gasteiger charge is -2.35. The maximum atomic E-state index is 13.7. The number of benzene rings is 1. The summed E-state index contributed by atoms with van der Waals surface area (Å²) in [5, 5.41) is 0. The Morgan fingerprint density at radius 3 is 2.47 bits per heavy atom. The van der Waals surface area contributed by atoms with Crippen molar-refractivity contribution in [1.82, 2.24) is 24.0 Å². The van der Waals surface area contributed by atoms with E-state index >= 15 is 0 Å². The zero-order chi connectivity index (χ0) is 25.3. The van der Waals surface area contributed by atoms with E-state index in [4.69, 9.17) is 4.74 Å². The van der Waals surface area contributed by atoms with Crippen molar-refractivity contribution in [3.8, 4) is 5.69 Å². The maximum absolute atomic E-state index is 13.7. The molecule has 1 aliphatic rings. The minimum Gasteiger partial charge on any atom is -0.373 e. The molecule has 0 radical (unpaired) electrons. The number of ether oxygens (including phenoxy) is 1. The number of methoxy groups -OCH3 is 1. The Kier molecular flexibility index (Phi) is 6.64. The summed E-state index contributed by atoms with van der Waals surface area (Å²) in [6.07, 6.45) is 4.22. The predicted molar refractivity (Wildman–Crippen MR) is 143 cm³/mol. The van der Waals surface area contributed by atoms with Crippen molar-refractivity contribution in [1.29, 1.82) is 0 Å². The number of para-hydroxylation sites is 1. The lowest BCUT2D eigenvalue weighted by atomic mass is 10.0. The van der Waals surface area contributed by atoms with Gasteiger partial charge in [0.05, 0.1) is 23.1 Å². The van der Waals surface area contributed by atoms with Crippen LogP contribution in [0.15, 0.2) is 65.7 Å². The molecule has 0 aliphatic carbocycles. The molecule has 1 aromatic carbocycles. The van der Waals surface area contributed by atoms with Gasteiger partial charge in [0.25, 0.3) is 0 Å². The van der Waals surface area contributed by atoms with Crippen LogP contribution in [0, 0.1) is 0 Å². The topological polar surface area (TPSA) is 68.4 Å². The molecular weight excluding hydrogens is 452 g/mol. The number of aromatic nitrogens is 4. The van der Waals surface area contributed by atoms with Gasteiger partial charge in [0.1, 0.15) is 5.60 Å². The number of rotatable bonds is 7. The average molecular weight is 487 g/mol. The summed E-state index contributed by atoms with van der Waals surface area (Å²) in [6, 6.07) is 16.2. The van der Waals surface area contributed by atoms with Gasteiger partial charge in [0, 0.05) is 51.7 Å². The van der Waals surface area contributed by atoms with E-state index in [0.29, 0.717) is 17.9 Å². The highest BCUT2D eigenvalue weighted by atomic mass is 16.5. The number of hydrogen-bond acceptors (Lipinski definition) is 6. The molecule has 0 bridgehead atoms. The number of aryl methyl sites for hydroxylation is 2. The molecule has 5 rings (SSSR count). The first-order valence-electron chi connectivity index (χ1n) is 12.5. The molecule has 4 aromatic rings. The molecule has 8 nitrogen and oxygen atoms in total. The van der Waals surface area contributed by atoms with Crippen molar-refractivity contribution in [2.75, 3.05) is 45.2 Å². The standard InChI is InChI=1S/C28H34N6O2/c1-28(2,36-4)25-12-11-22(20-30-25)34-24-10-7-14-29-26(24)33(27(34)35)15-13-21-8-5-6-9-23(21)32-18-16-31(3)17-19-32/h5-12,14,20H,13,15-19H2,1-4H3. The SMILES string of the molecule is COC(C)(C)c1ccc(-n2c(=O)n(CCc3ccccc3N3CCN(C)CC3)c3ncccc32)cn1. The largest absolute Gasteiger partial charge is 0.373 e. The molecule has 8 heteroatoms. The predicted octanol–water partition coefficient (Wildman–Crippen LogP) is 3.46. The van der Waals surface area contributed by atoms with Crippen LogP contribution in [0.2, 0.25) is 0 Å². The van der Waals surface area contributed by atoms with E-state index in [2.05, 4.69) is 51.1 Å². The maximum Gasteiger partial charge on any atom is 0.335 e. The van der Waals surface area contributed by atoms with Gasteiger partial charge in [-0.15, -0.1) is 0 Å². The number of nitrogens with zero attached hydrogens (tertiary/aromatic N) is 6. The second kappa shape index (κ2) is 9.87. The van der Waals surface area contributed by atoms with Gasteiger partial charge in [-0.05, 0) is 63.2 Å². The van der Waals surface area contributed by atoms with Crippen molar-refractivity contribution < 1.29 is 4.74 Å². The normalized spacial score (nSPS) is 15.1. The second-order valence-electron chi connectivity index (χ2n) is 9.90. The van der Waals surface area contributed by atoms with Crippen LogP contribution in [0.1, 0.15) is 25.1 Å². The van der Waals surface area contributed by atoms with Gasteiger partial charge in [-0.2, -0.15) is 0 Å². The van der Waals surface area contributed by atoms with Gasteiger partial charge >= 0.3 is 5.69 Å². The summed E-state index contributed by atoms with van der Waals surface area (Å²) in [6.45, 7) is 8.62. The molecule has 36 heavy (non-hydrogen) atoms. The van der Waals surface area contributed by atoms with Gasteiger partial charge in [-0.1, -0.05) is 18.2 Å². The summed E-state index contributed by atoms with van der Waals surface area (Å²) >= 11 is 0. The van der Waals surface area contributed by atoms with E-state index in [-0.39, 0.29) is 5.69 Å². The molecule has 0 amide bonds. The zero-order valence-corrected chi connectivity index (χ0v) is 21.5. The fourth-order valence-electron chi connectivity index (χ4n) is 4.83. The van der Waals surface area contributed by atoms with Crippen LogP contribution in [0.25, 0.3) is 16.9 Å². The van der Waals surface area contributed by atoms with E-state index in [1.807, 2.05) is 38.1 Å². The number of imidazole rings is 1. The van der Waals surface area contributed by atoms with Gasteiger partial charge < -0.3 is 14.5 Å². The number of piperazine rings is 1. The molecule has 0 atom stereocenters. The first-order valence-corrected chi connectivity index (χ1v) is 12.5. The van der Waals surface area contributed by atoms with Crippen molar-refractivity contribution >= 4 is 16.9 Å². The Morgan fingerprint density at radius 2 is 1.75 bits per heavy atom. The van der Waals surface area contributed by atoms with E-state index in [9.17, 15) is 4.79 Å². The van der Waals surface area contributed by atoms with Crippen LogP contribution in [0.4, 0.5) is 5.69 Å². The van der Waals surface area contributed by atoms with Gasteiger partial charge in [0.2, 0.25) is 0 Å². The Labute approximate surface area is 211 Å². The fraction of sp³-hybridized carbons (Fsp3) is 0.393. The monoisotopic (exact) mass is 486 g/mol. The van der Waals surface area contributed by atoms with Gasteiger partial charge in [-0.3, -0.25) is 14.1 Å². The molecular formula is C28H34N6O2. The second-order valence-corrected chi connectivity index (χ2v) is 9.90. The summed E-state index contributed by atoms with van der Waals surface area (Å²) in [4.78, 5) is 27.7. The Hall–Kier alpha value is -3.49. The van der Waals surface area contributed by atoms with Crippen LogP contribution in [-0.4, -0.2) is 64.3 Å².